The summed E-state index contributed by atoms with van der Waals surface area (Å²) in [6.07, 6.45) is 2.07. The molecule has 21 heavy (non-hydrogen) atoms. The molecule has 3 heteroatoms. The smallest absolute Gasteiger partial charge is 0.121 e. The van der Waals surface area contributed by atoms with Crippen molar-refractivity contribution in [2.75, 3.05) is 7.11 Å². The zero-order valence-electron chi connectivity index (χ0n) is 11.7. The fourth-order valence-corrected chi connectivity index (χ4v) is 2.69. The van der Waals surface area contributed by atoms with Crippen LogP contribution in [0.15, 0.2) is 66.9 Å². The van der Waals surface area contributed by atoms with E-state index in [1.807, 2.05) is 42.5 Å². The fourth-order valence-electron chi connectivity index (χ4n) is 2.69. The average Bonchev–Trinajstić information content (AvgIpc) is 3.04. The molecular weight excluding hydrogens is 260 g/mol. The molecule has 0 spiro atoms. The van der Waals surface area contributed by atoms with E-state index in [1.165, 1.54) is 0 Å². The van der Waals surface area contributed by atoms with Crippen molar-refractivity contribution in [3.05, 3.63) is 66.9 Å². The predicted octanol–water partition coefficient (Wildman–Crippen LogP) is 4.16. The lowest BCUT2D eigenvalue weighted by Gasteiger charge is -2.09. The summed E-state index contributed by atoms with van der Waals surface area (Å²) in [5.74, 6) is 0.820. The molecule has 2 aromatic carbocycles. The van der Waals surface area contributed by atoms with E-state index in [4.69, 9.17) is 9.72 Å². The van der Waals surface area contributed by atoms with Gasteiger partial charge in [0.2, 0.25) is 0 Å². The molecule has 0 aliphatic heterocycles. The molecule has 0 fully saturated rings. The number of methoxy groups -OCH3 is 1. The van der Waals surface area contributed by atoms with Gasteiger partial charge < -0.3 is 9.14 Å². The summed E-state index contributed by atoms with van der Waals surface area (Å²) in [6.45, 7) is 0. The van der Waals surface area contributed by atoms with Gasteiger partial charge >= 0.3 is 0 Å². The van der Waals surface area contributed by atoms with Gasteiger partial charge in [-0.05, 0) is 24.3 Å². The molecule has 4 rings (SSSR count). The lowest BCUT2D eigenvalue weighted by molar-refractivity contribution is 0.415. The summed E-state index contributed by atoms with van der Waals surface area (Å²) in [6, 6.07) is 20.4. The van der Waals surface area contributed by atoms with Crippen molar-refractivity contribution in [1.82, 2.24) is 9.38 Å². The number of hydrogen-bond acceptors (Lipinski definition) is 2. The lowest BCUT2D eigenvalue weighted by Crippen LogP contribution is -1.95. The van der Waals surface area contributed by atoms with Gasteiger partial charge in [0.15, 0.2) is 0 Å². The Morgan fingerprint density at radius 3 is 2.57 bits per heavy atom. The highest BCUT2D eigenvalue weighted by Crippen LogP contribution is 2.28. The quantitative estimate of drug-likeness (QED) is 0.548. The van der Waals surface area contributed by atoms with Crippen molar-refractivity contribution in [3.63, 3.8) is 0 Å². The van der Waals surface area contributed by atoms with Crippen molar-refractivity contribution in [3.8, 4) is 17.0 Å². The van der Waals surface area contributed by atoms with Gasteiger partial charge in [-0.3, -0.25) is 0 Å². The molecule has 2 heterocycles. The normalized spacial score (nSPS) is 11.1. The van der Waals surface area contributed by atoms with Crippen LogP contribution >= 0.6 is 0 Å². The third-order valence-corrected chi connectivity index (χ3v) is 3.71. The molecule has 0 saturated heterocycles. The molecule has 2 aromatic heterocycles. The minimum atomic E-state index is 0.820. The van der Waals surface area contributed by atoms with Crippen LogP contribution in [0, 0.1) is 0 Å². The summed E-state index contributed by atoms with van der Waals surface area (Å²) in [5.41, 5.74) is 5.22. The summed E-state index contributed by atoms with van der Waals surface area (Å²) < 4.78 is 7.48. The third-order valence-electron chi connectivity index (χ3n) is 3.71. The maximum atomic E-state index is 5.31. The van der Waals surface area contributed by atoms with Gasteiger partial charge in [0.1, 0.15) is 5.75 Å². The van der Waals surface area contributed by atoms with E-state index in [9.17, 15) is 0 Å². The number of ether oxygens (including phenoxy) is 1. The second-order valence-corrected chi connectivity index (χ2v) is 4.94. The molecule has 3 nitrogen and oxygen atoms in total. The molecule has 0 aliphatic rings. The number of hydrogen-bond donors (Lipinski definition) is 0. The molecular formula is C18H14N2O. The number of fused-ring (bicyclic) bond motifs is 3. The van der Waals surface area contributed by atoms with Gasteiger partial charge in [-0.2, -0.15) is 0 Å². The van der Waals surface area contributed by atoms with Crippen LogP contribution in [0.1, 0.15) is 0 Å². The van der Waals surface area contributed by atoms with Gasteiger partial charge in [-0.15, -0.1) is 0 Å². The van der Waals surface area contributed by atoms with E-state index in [1.54, 1.807) is 7.11 Å². The van der Waals surface area contributed by atoms with Crippen LogP contribution in [0.25, 0.3) is 27.8 Å². The first-order valence-electron chi connectivity index (χ1n) is 6.87. The van der Waals surface area contributed by atoms with Crippen molar-refractivity contribution in [2.45, 2.75) is 0 Å². The van der Waals surface area contributed by atoms with E-state index < -0.39 is 0 Å². The SMILES string of the molecule is COc1ccc2c(c1)nc(-c1ccccc1)c1cccn12. The Morgan fingerprint density at radius 1 is 0.905 bits per heavy atom. The highest BCUT2D eigenvalue weighted by molar-refractivity contribution is 5.88. The van der Waals surface area contributed by atoms with Crippen LogP contribution in [-0.4, -0.2) is 16.5 Å². The monoisotopic (exact) mass is 274 g/mol. The Bertz CT molecular complexity index is 926. The highest BCUT2D eigenvalue weighted by atomic mass is 16.5. The van der Waals surface area contributed by atoms with Gasteiger partial charge in [-0.25, -0.2) is 4.98 Å². The zero-order chi connectivity index (χ0) is 14.2. The molecule has 102 valence electrons. The fraction of sp³-hybridized carbons (Fsp3) is 0.0556. The maximum Gasteiger partial charge on any atom is 0.121 e. The maximum absolute atomic E-state index is 5.31. The second-order valence-electron chi connectivity index (χ2n) is 4.94. The predicted molar refractivity (Wildman–Crippen MR) is 84.7 cm³/mol. The first kappa shape index (κ1) is 12.0. The molecule has 0 unspecified atom stereocenters. The van der Waals surface area contributed by atoms with E-state index >= 15 is 0 Å². The Hall–Kier alpha value is -2.81. The molecule has 0 aliphatic carbocycles. The van der Waals surface area contributed by atoms with Crippen molar-refractivity contribution < 1.29 is 4.74 Å². The van der Waals surface area contributed by atoms with Crippen molar-refractivity contribution >= 4 is 16.6 Å². The molecule has 0 saturated carbocycles. The van der Waals surface area contributed by atoms with E-state index in [0.717, 1.165) is 33.6 Å². The molecule has 0 atom stereocenters. The Morgan fingerprint density at radius 2 is 1.76 bits per heavy atom. The first-order valence-corrected chi connectivity index (χ1v) is 6.87. The number of nitrogens with zero attached hydrogens (tertiary/aromatic N) is 2. The van der Waals surface area contributed by atoms with Gasteiger partial charge in [0, 0.05) is 17.8 Å². The minimum Gasteiger partial charge on any atom is -0.497 e. The lowest BCUT2D eigenvalue weighted by atomic mass is 10.1. The van der Waals surface area contributed by atoms with Crippen LogP contribution in [0.4, 0.5) is 0 Å². The topological polar surface area (TPSA) is 26.5 Å². The number of rotatable bonds is 2. The minimum absolute atomic E-state index is 0.820. The molecule has 0 amide bonds. The van der Waals surface area contributed by atoms with Crippen LogP contribution in [0.3, 0.4) is 0 Å². The summed E-state index contributed by atoms with van der Waals surface area (Å²) >= 11 is 0. The van der Waals surface area contributed by atoms with Gasteiger partial charge in [0.05, 0.1) is 29.4 Å². The highest BCUT2D eigenvalue weighted by Gasteiger charge is 2.10. The van der Waals surface area contributed by atoms with Crippen LogP contribution < -0.4 is 4.74 Å². The summed E-state index contributed by atoms with van der Waals surface area (Å²) in [7, 11) is 1.67. The molecule has 4 aromatic rings. The van der Waals surface area contributed by atoms with Crippen molar-refractivity contribution in [1.29, 1.82) is 0 Å². The molecule has 0 N–H and O–H groups in total. The molecule has 0 bridgehead atoms. The summed E-state index contributed by atoms with van der Waals surface area (Å²) in [5, 5.41) is 0. The Balaban J connectivity index is 2.11. The second kappa shape index (κ2) is 4.63. The largest absolute Gasteiger partial charge is 0.497 e. The van der Waals surface area contributed by atoms with Crippen LogP contribution in [-0.2, 0) is 0 Å². The zero-order valence-corrected chi connectivity index (χ0v) is 11.7. The Labute approximate surface area is 122 Å². The first-order chi connectivity index (χ1) is 10.4. The van der Waals surface area contributed by atoms with E-state index in [-0.39, 0.29) is 0 Å². The Kier molecular flexibility index (Phi) is 2.64. The average molecular weight is 274 g/mol. The van der Waals surface area contributed by atoms with Crippen molar-refractivity contribution in [2.24, 2.45) is 0 Å². The van der Waals surface area contributed by atoms with Crippen LogP contribution in [0.5, 0.6) is 5.75 Å². The van der Waals surface area contributed by atoms with Gasteiger partial charge in [0.25, 0.3) is 0 Å². The number of benzene rings is 2. The third kappa shape index (κ3) is 1.86. The van der Waals surface area contributed by atoms with Crippen LogP contribution in [0.2, 0.25) is 0 Å². The van der Waals surface area contributed by atoms with Gasteiger partial charge in [-0.1, -0.05) is 30.3 Å². The van der Waals surface area contributed by atoms with E-state index in [2.05, 4.69) is 28.8 Å². The standard InChI is InChI=1S/C18H14N2O/c1-21-14-9-10-16-15(12-14)19-18(13-6-3-2-4-7-13)17-8-5-11-20(16)17/h2-12H,1H3. The molecule has 0 radical (unpaired) electrons. The number of aromatic nitrogens is 2. The van der Waals surface area contributed by atoms with E-state index in [0.29, 0.717) is 0 Å². The summed E-state index contributed by atoms with van der Waals surface area (Å²) in [4.78, 5) is 4.85.